The van der Waals surface area contributed by atoms with E-state index in [0.717, 1.165) is 0 Å². The standard InChI is InChI=1S/C16H34N2O4/c1-7-21-15(5)11-19-9-13(3)17-18-14(4)10-20-12-16(6)22-8-2/h13-16H,7-12H2,1-6H3. The van der Waals surface area contributed by atoms with Crippen molar-refractivity contribution in [1.29, 1.82) is 0 Å². The summed E-state index contributed by atoms with van der Waals surface area (Å²) in [7, 11) is 0. The summed E-state index contributed by atoms with van der Waals surface area (Å²) in [6.45, 7) is 15.6. The quantitative estimate of drug-likeness (QED) is 0.462. The van der Waals surface area contributed by atoms with Crippen LogP contribution in [0.4, 0.5) is 0 Å². The van der Waals surface area contributed by atoms with Crippen LogP contribution in [0.2, 0.25) is 0 Å². The molecular weight excluding hydrogens is 284 g/mol. The van der Waals surface area contributed by atoms with Gasteiger partial charge in [0, 0.05) is 13.2 Å². The van der Waals surface area contributed by atoms with Crippen LogP contribution in [0.1, 0.15) is 41.5 Å². The molecule has 0 aromatic carbocycles. The van der Waals surface area contributed by atoms with Crippen molar-refractivity contribution in [2.45, 2.75) is 65.8 Å². The fraction of sp³-hybridized carbons (Fsp3) is 1.00. The summed E-state index contributed by atoms with van der Waals surface area (Å²) < 4.78 is 21.9. The second-order valence-electron chi connectivity index (χ2n) is 5.54. The van der Waals surface area contributed by atoms with Crippen molar-refractivity contribution in [3.05, 3.63) is 0 Å². The van der Waals surface area contributed by atoms with Gasteiger partial charge in [0.2, 0.25) is 0 Å². The molecule has 0 radical (unpaired) electrons. The maximum absolute atomic E-state index is 5.56. The Hall–Kier alpha value is -0.560. The van der Waals surface area contributed by atoms with Crippen molar-refractivity contribution in [3.63, 3.8) is 0 Å². The molecule has 6 heteroatoms. The number of azo groups is 1. The second-order valence-corrected chi connectivity index (χ2v) is 5.54. The van der Waals surface area contributed by atoms with Crippen LogP contribution in [0.25, 0.3) is 0 Å². The molecular formula is C16H34N2O4. The largest absolute Gasteiger partial charge is 0.376 e. The highest BCUT2D eigenvalue weighted by Crippen LogP contribution is 2.00. The molecule has 0 aliphatic heterocycles. The van der Waals surface area contributed by atoms with Gasteiger partial charge < -0.3 is 18.9 Å². The Morgan fingerprint density at radius 1 is 0.636 bits per heavy atom. The maximum atomic E-state index is 5.56. The van der Waals surface area contributed by atoms with Crippen LogP contribution in [0.15, 0.2) is 10.2 Å². The van der Waals surface area contributed by atoms with Crippen molar-refractivity contribution >= 4 is 0 Å². The van der Waals surface area contributed by atoms with Crippen LogP contribution >= 0.6 is 0 Å². The Balaban J connectivity index is 3.70. The van der Waals surface area contributed by atoms with Gasteiger partial charge in [-0.15, -0.1) is 0 Å². The molecule has 0 spiro atoms. The zero-order chi connectivity index (χ0) is 16.8. The van der Waals surface area contributed by atoms with Crippen molar-refractivity contribution in [2.24, 2.45) is 10.2 Å². The van der Waals surface area contributed by atoms with Gasteiger partial charge in [0.25, 0.3) is 0 Å². The van der Waals surface area contributed by atoms with Crippen molar-refractivity contribution in [3.8, 4) is 0 Å². The third-order valence-corrected chi connectivity index (χ3v) is 2.79. The first-order valence-electron chi connectivity index (χ1n) is 8.28. The van der Waals surface area contributed by atoms with Crippen LogP contribution in [-0.2, 0) is 18.9 Å². The van der Waals surface area contributed by atoms with Crippen molar-refractivity contribution in [1.82, 2.24) is 0 Å². The van der Waals surface area contributed by atoms with Gasteiger partial charge in [-0.2, -0.15) is 10.2 Å². The third-order valence-electron chi connectivity index (χ3n) is 2.79. The Bertz CT molecular complexity index is 251. The lowest BCUT2D eigenvalue weighted by molar-refractivity contribution is -0.00600. The fourth-order valence-electron chi connectivity index (χ4n) is 1.77. The van der Waals surface area contributed by atoms with Crippen LogP contribution in [-0.4, -0.2) is 63.9 Å². The summed E-state index contributed by atoms with van der Waals surface area (Å²) in [4.78, 5) is 0. The summed E-state index contributed by atoms with van der Waals surface area (Å²) >= 11 is 0. The van der Waals surface area contributed by atoms with Gasteiger partial charge in [0.1, 0.15) is 0 Å². The van der Waals surface area contributed by atoms with E-state index >= 15 is 0 Å². The lowest BCUT2D eigenvalue weighted by atomic mass is 10.3. The minimum Gasteiger partial charge on any atom is -0.376 e. The maximum Gasteiger partial charge on any atom is 0.0913 e. The SMILES string of the molecule is CCOC(C)COCC(C)N=NC(C)COCC(C)OCC. The second kappa shape index (κ2) is 14.1. The van der Waals surface area contributed by atoms with Crippen LogP contribution in [0, 0.1) is 0 Å². The minimum absolute atomic E-state index is 0.0404. The normalized spacial score (nSPS) is 17.5. The zero-order valence-corrected chi connectivity index (χ0v) is 15.1. The summed E-state index contributed by atoms with van der Waals surface area (Å²) in [5.41, 5.74) is 0. The predicted molar refractivity (Wildman–Crippen MR) is 87.6 cm³/mol. The third kappa shape index (κ3) is 13.1. The Morgan fingerprint density at radius 3 is 1.32 bits per heavy atom. The molecule has 22 heavy (non-hydrogen) atoms. The molecule has 0 saturated heterocycles. The summed E-state index contributed by atoms with van der Waals surface area (Å²) in [5.74, 6) is 0. The molecule has 132 valence electrons. The summed E-state index contributed by atoms with van der Waals surface area (Å²) in [6, 6.07) is 0.0808. The number of nitrogens with zero attached hydrogens (tertiary/aromatic N) is 2. The monoisotopic (exact) mass is 318 g/mol. The van der Waals surface area contributed by atoms with Gasteiger partial charge in [-0.05, 0) is 41.5 Å². The topological polar surface area (TPSA) is 61.6 Å². The van der Waals surface area contributed by atoms with Crippen LogP contribution in [0.3, 0.4) is 0 Å². The van der Waals surface area contributed by atoms with Gasteiger partial charge in [0.15, 0.2) is 0 Å². The van der Waals surface area contributed by atoms with Gasteiger partial charge in [-0.1, -0.05) is 0 Å². The molecule has 0 N–H and O–H groups in total. The number of hydrogen-bond acceptors (Lipinski definition) is 6. The molecule has 6 nitrogen and oxygen atoms in total. The van der Waals surface area contributed by atoms with Gasteiger partial charge in [-0.25, -0.2) is 0 Å². The van der Waals surface area contributed by atoms with E-state index < -0.39 is 0 Å². The van der Waals surface area contributed by atoms with E-state index in [1.54, 1.807) is 0 Å². The number of hydrogen-bond donors (Lipinski definition) is 0. The lowest BCUT2D eigenvalue weighted by Gasteiger charge is -2.14. The molecule has 4 atom stereocenters. The molecule has 0 fully saturated rings. The highest BCUT2D eigenvalue weighted by Gasteiger charge is 2.06. The average molecular weight is 318 g/mol. The Kier molecular flexibility index (Phi) is 13.7. The zero-order valence-electron chi connectivity index (χ0n) is 15.1. The Labute approximate surface area is 135 Å². The highest BCUT2D eigenvalue weighted by atomic mass is 16.5. The molecule has 0 rings (SSSR count). The number of ether oxygens (including phenoxy) is 4. The molecule has 0 heterocycles. The number of rotatable bonds is 14. The smallest absolute Gasteiger partial charge is 0.0913 e. The molecule has 0 aliphatic carbocycles. The fourth-order valence-corrected chi connectivity index (χ4v) is 1.77. The first-order chi connectivity index (χ1) is 10.5. The van der Waals surface area contributed by atoms with Crippen molar-refractivity contribution < 1.29 is 18.9 Å². The van der Waals surface area contributed by atoms with E-state index in [-0.39, 0.29) is 24.3 Å². The van der Waals surface area contributed by atoms with Gasteiger partial charge in [0.05, 0.1) is 50.7 Å². The van der Waals surface area contributed by atoms with E-state index in [0.29, 0.717) is 39.6 Å². The first kappa shape index (κ1) is 21.4. The molecule has 4 unspecified atom stereocenters. The van der Waals surface area contributed by atoms with Crippen LogP contribution < -0.4 is 0 Å². The average Bonchev–Trinajstić information content (AvgIpc) is 2.45. The molecule has 0 bridgehead atoms. The van der Waals surface area contributed by atoms with E-state index in [1.807, 2.05) is 41.5 Å². The molecule has 0 amide bonds. The van der Waals surface area contributed by atoms with Crippen LogP contribution in [0.5, 0.6) is 0 Å². The lowest BCUT2D eigenvalue weighted by Crippen LogP contribution is -2.20. The minimum atomic E-state index is 0.0404. The first-order valence-corrected chi connectivity index (χ1v) is 8.28. The van der Waals surface area contributed by atoms with E-state index in [1.165, 1.54) is 0 Å². The molecule has 0 saturated carbocycles. The van der Waals surface area contributed by atoms with E-state index in [2.05, 4.69) is 10.2 Å². The van der Waals surface area contributed by atoms with E-state index in [9.17, 15) is 0 Å². The predicted octanol–water partition coefficient (Wildman–Crippen LogP) is 3.10. The highest BCUT2D eigenvalue weighted by molar-refractivity contribution is 4.61. The molecule has 0 aliphatic rings. The Morgan fingerprint density at radius 2 is 1.00 bits per heavy atom. The summed E-state index contributed by atoms with van der Waals surface area (Å²) in [5, 5.41) is 8.50. The summed E-state index contributed by atoms with van der Waals surface area (Å²) in [6.07, 6.45) is 0.239. The molecule has 0 aromatic rings. The van der Waals surface area contributed by atoms with Crippen molar-refractivity contribution in [2.75, 3.05) is 39.6 Å². The van der Waals surface area contributed by atoms with E-state index in [4.69, 9.17) is 18.9 Å². The molecule has 0 aromatic heterocycles. The van der Waals surface area contributed by atoms with Gasteiger partial charge in [-0.3, -0.25) is 0 Å². The van der Waals surface area contributed by atoms with Gasteiger partial charge >= 0.3 is 0 Å².